The van der Waals surface area contributed by atoms with Crippen molar-refractivity contribution < 1.29 is 4.79 Å². The summed E-state index contributed by atoms with van der Waals surface area (Å²) >= 11 is 0. The van der Waals surface area contributed by atoms with E-state index in [0.29, 0.717) is 11.4 Å². The number of imidazole rings is 1. The summed E-state index contributed by atoms with van der Waals surface area (Å²) in [5.41, 5.74) is 6.99. The molecule has 0 saturated heterocycles. The van der Waals surface area contributed by atoms with Crippen molar-refractivity contribution in [2.75, 3.05) is 17.7 Å². The smallest absolute Gasteiger partial charge is 0.246 e. The zero-order valence-corrected chi connectivity index (χ0v) is 11.3. The number of carbonyl (C=O) groups excluding carboxylic acids is 1. The minimum absolute atomic E-state index is 0.0143. The first-order valence-electron chi connectivity index (χ1n) is 6.04. The van der Waals surface area contributed by atoms with Gasteiger partial charge in [0, 0.05) is 18.4 Å². The largest absolute Gasteiger partial charge is 0.399 e. The first-order chi connectivity index (χ1) is 10.1. The summed E-state index contributed by atoms with van der Waals surface area (Å²) in [5.74, 6) is -0.238. The Morgan fingerprint density at radius 2 is 2.00 bits per heavy atom. The van der Waals surface area contributed by atoms with Crippen LogP contribution >= 0.6 is 0 Å². The fourth-order valence-electron chi connectivity index (χ4n) is 1.79. The van der Waals surface area contributed by atoms with Gasteiger partial charge in [-0.05, 0) is 24.3 Å². The van der Waals surface area contributed by atoms with Gasteiger partial charge in [0.05, 0.1) is 6.33 Å². The summed E-state index contributed by atoms with van der Waals surface area (Å²) in [6, 6.07) is 10.5. The Morgan fingerprint density at radius 1 is 1.33 bits per heavy atom. The SMILES string of the molecule is CN(C(=O)Cn1cnc(C#N)c1C#N)c1ccc(N)cc1. The van der Waals surface area contributed by atoms with Gasteiger partial charge in [-0.2, -0.15) is 10.5 Å². The van der Waals surface area contributed by atoms with Crippen molar-refractivity contribution >= 4 is 17.3 Å². The van der Waals surface area contributed by atoms with Crippen LogP contribution in [0.15, 0.2) is 30.6 Å². The third-order valence-electron chi connectivity index (χ3n) is 3.01. The highest BCUT2D eigenvalue weighted by Crippen LogP contribution is 2.15. The minimum atomic E-state index is -0.238. The summed E-state index contributed by atoms with van der Waals surface area (Å²) in [7, 11) is 1.63. The Labute approximate surface area is 121 Å². The van der Waals surface area contributed by atoms with Crippen molar-refractivity contribution in [3.63, 3.8) is 0 Å². The highest BCUT2D eigenvalue weighted by Gasteiger charge is 2.16. The summed E-state index contributed by atoms with van der Waals surface area (Å²) in [6.45, 7) is -0.0710. The number of rotatable bonds is 3. The van der Waals surface area contributed by atoms with Crippen molar-refractivity contribution in [1.29, 1.82) is 10.5 Å². The van der Waals surface area contributed by atoms with Crippen molar-refractivity contribution in [3.05, 3.63) is 42.0 Å². The minimum Gasteiger partial charge on any atom is -0.399 e. The lowest BCUT2D eigenvalue weighted by molar-refractivity contribution is -0.118. The monoisotopic (exact) mass is 280 g/mol. The predicted molar refractivity (Wildman–Crippen MR) is 75.9 cm³/mol. The normalized spacial score (nSPS) is 9.67. The van der Waals surface area contributed by atoms with Gasteiger partial charge in [-0.3, -0.25) is 4.79 Å². The maximum absolute atomic E-state index is 12.2. The van der Waals surface area contributed by atoms with E-state index in [2.05, 4.69) is 4.98 Å². The molecule has 21 heavy (non-hydrogen) atoms. The van der Waals surface area contributed by atoms with E-state index < -0.39 is 0 Å². The second-order valence-corrected chi connectivity index (χ2v) is 4.34. The number of carbonyl (C=O) groups is 1. The van der Waals surface area contributed by atoms with Gasteiger partial charge < -0.3 is 15.2 Å². The molecule has 0 aliphatic carbocycles. The lowest BCUT2D eigenvalue weighted by Crippen LogP contribution is -2.30. The molecule has 0 fully saturated rings. The first-order valence-corrected chi connectivity index (χ1v) is 6.04. The maximum atomic E-state index is 12.2. The van der Waals surface area contributed by atoms with Crippen molar-refractivity contribution in [2.45, 2.75) is 6.54 Å². The molecule has 1 amide bonds. The summed E-state index contributed by atoms with van der Waals surface area (Å²) in [6.07, 6.45) is 1.31. The molecule has 0 saturated carbocycles. The number of hydrogen-bond acceptors (Lipinski definition) is 5. The van der Waals surface area contributed by atoms with E-state index in [9.17, 15) is 4.79 Å². The quantitative estimate of drug-likeness (QED) is 0.838. The van der Waals surface area contributed by atoms with E-state index in [4.69, 9.17) is 16.3 Å². The van der Waals surface area contributed by atoms with Crippen LogP contribution in [-0.4, -0.2) is 22.5 Å². The zero-order valence-electron chi connectivity index (χ0n) is 11.3. The average Bonchev–Trinajstić information content (AvgIpc) is 2.89. The van der Waals surface area contributed by atoms with Crippen molar-refractivity contribution in [2.24, 2.45) is 0 Å². The standard InChI is InChI=1S/C14H12N6O/c1-19(11-4-2-10(17)3-5-11)14(21)8-20-9-18-12(6-15)13(20)7-16/h2-5,9H,8,17H2,1H3. The van der Waals surface area contributed by atoms with Crippen molar-refractivity contribution in [3.8, 4) is 12.1 Å². The van der Waals surface area contributed by atoms with Crippen molar-refractivity contribution in [1.82, 2.24) is 9.55 Å². The van der Waals surface area contributed by atoms with E-state index in [1.165, 1.54) is 15.8 Å². The highest BCUT2D eigenvalue weighted by molar-refractivity contribution is 5.92. The fourth-order valence-corrected chi connectivity index (χ4v) is 1.79. The van der Waals surface area contributed by atoms with Gasteiger partial charge in [-0.1, -0.05) is 0 Å². The number of amides is 1. The topological polar surface area (TPSA) is 112 Å². The van der Waals surface area contributed by atoms with Crippen LogP contribution in [0.4, 0.5) is 11.4 Å². The maximum Gasteiger partial charge on any atom is 0.246 e. The molecule has 104 valence electrons. The molecular weight excluding hydrogens is 268 g/mol. The molecule has 0 aliphatic rings. The van der Waals surface area contributed by atoms with Crippen LogP contribution in [0.5, 0.6) is 0 Å². The van der Waals surface area contributed by atoms with Crippen LogP contribution in [0.3, 0.4) is 0 Å². The van der Waals surface area contributed by atoms with Crippen LogP contribution in [0.25, 0.3) is 0 Å². The Kier molecular flexibility index (Phi) is 3.87. The second-order valence-electron chi connectivity index (χ2n) is 4.34. The number of anilines is 2. The average molecular weight is 280 g/mol. The molecule has 1 aromatic carbocycles. The zero-order chi connectivity index (χ0) is 15.4. The Bertz CT molecular complexity index is 747. The molecule has 1 heterocycles. The summed E-state index contributed by atoms with van der Waals surface area (Å²) < 4.78 is 1.36. The van der Waals surface area contributed by atoms with E-state index >= 15 is 0 Å². The van der Waals surface area contributed by atoms with Gasteiger partial charge in [0.25, 0.3) is 0 Å². The van der Waals surface area contributed by atoms with E-state index in [1.54, 1.807) is 31.3 Å². The third kappa shape index (κ3) is 2.82. The third-order valence-corrected chi connectivity index (χ3v) is 3.01. The number of nitrogen functional groups attached to an aromatic ring is 1. The number of aromatic nitrogens is 2. The fraction of sp³-hybridized carbons (Fsp3) is 0.143. The summed E-state index contributed by atoms with van der Waals surface area (Å²) in [4.78, 5) is 17.5. The Balaban J connectivity index is 2.19. The van der Waals surface area contributed by atoms with Gasteiger partial charge in [0.1, 0.15) is 18.7 Å². The molecule has 2 rings (SSSR count). The lowest BCUT2D eigenvalue weighted by atomic mass is 10.2. The number of hydrogen-bond donors (Lipinski definition) is 1. The number of benzene rings is 1. The summed E-state index contributed by atoms with van der Waals surface area (Å²) in [5, 5.41) is 17.8. The molecular formula is C14H12N6O. The van der Waals surface area contributed by atoms with Gasteiger partial charge in [-0.15, -0.1) is 0 Å². The Hall–Kier alpha value is -3.32. The molecule has 0 bridgehead atoms. The van der Waals surface area contributed by atoms with Crippen LogP contribution in [0, 0.1) is 22.7 Å². The number of nitrogens with two attached hydrogens (primary N) is 1. The number of nitrogens with zero attached hydrogens (tertiary/aromatic N) is 5. The second kappa shape index (κ2) is 5.76. The van der Waals surface area contributed by atoms with Gasteiger partial charge in [0.2, 0.25) is 5.91 Å². The molecule has 1 aromatic heterocycles. The van der Waals surface area contributed by atoms with Crippen LogP contribution < -0.4 is 10.6 Å². The molecule has 0 unspecified atom stereocenters. The van der Waals surface area contributed by atoms with Crippen LogP contribution in [0.2, 0.25) is 0 Å². The predicted octanol–water partition coefficient (Wildman–Crippen LogP) is 0.872. The molecule has 7 nitrogen and oxygen atoms in total. The van der Waals surface area contributed by atoms with Crippen LogP contribution in [0.1, 0.15) is 11.4 Å². The number of nitriles is 2. The molecule has 2 aromatic rings. The molecule has 0 atom stereocenters. The lowest BCUT2D eigenvalue weighted by Gasteiger charge is -2.17. The van der Waals surface area contributed by atoms with Gasteiger partial charge >= 0.3 is 0 Å². The molecule has 2 N–H and O–H groups in total. The van der Waals surface area contributed by atoms with Crippen LogP contribution in [-0.2, 0) is 11.3 Å². The van der Waals surface area contributed by atoms with Gasteiger partial charge in [0.15, 0.2) is 11.4 Å². The van der Waals surface area contributed by atoms with E-state index in [1.807, 2.05) is 12.1 Å². The molecule has 0 aliphatic heterocycles. The van der Waals surface area contributed by atoms with Gasteiger partial charge in [-0.25, -0.2) is 4.98 Å². The van der Waals surface area contributed by atoms with E-state index in [-0.39, 0.29) is 23.8 Å². The highest BCUT2D eigenvalue weighted by atomic mass is 16.2. The number of likely N-dealkylation sites (N-methyl/N-ethyl adjacent to an activating group) is 1. The molecule has 0 radical (unpaired) electrons. The first kappa shape index (κ1) is 14.1. The molecule has 0 spiro atoms. The Morgan fingerprint density at radius 3 is 2.57 bits per heavy atom. The van der Waals surface area contributed by atoms with E-state index in [0.717, 1.165) is 0 Å². The molecule has 7 heteroatoms.